The molecule has 0 atom stereocenters. The van der Waals surface area contributed by atoms with Crippen molar-refractivity contribution in [2.75, 3.05) is 5.32 Å². The van der Waals surface area contributed by atoms with Crippen LogP contribution in [0.5, 0.6) is 0 Å². The molecular formula is C14H9Br2F4N. The molecule has 21 heavy (non-hydrogen) atoms. The highest BCUT2D eigenvalue weighted by Crippen LogP contribution is 2.36. The predicted molar refractivity (Wildman–Crippen MR) is 80.6 cm³/mol. The molecule has 1 N–H and O–H groups in total. The molecule has 0 aliphatic heterocycles. The van der Waals surface area contributed by atoms with Gasteiger partial charge in [0, 0.05) is 26.7 Å². The normalized spacial score (nSPS) is 11.5. The van der Waals surface area contributed by atoms with Gasteiger partial charge in [0.15, 0.2) is 0 Å². The molecule has 1 nitrogen and oxygen atoms in total. The first kappa shape index (κ1) is 16.3. The second-order valence-electron chi connectivity index (χ2n) is 4.28. The van der Waals surface area contributed by atoms with Crippen LogP contribution in [0.4, 0.5) is 23.2 Å². The molecule has 0 saturated heterocycles. The van der Waals surface area contributed by atoms with Crippen LogP contribution < -0.4 is 5.32 Å². The van der Waals surface area contributed by atoms with Gasteiger partial charge in [-0.05, 0) is 30.3 Å². The molecule has 0 saturated carbocycles. The summed E-state index contributed by atoms with van der Waals surface area (Å²) in [4.78, 5) is 0. The highest BCUT2D eigenvalue weighted by molar-refractivity contribution is 9.10. The number of nitrogens with one attached hydrogen (secondary N) is 1. The Hall–Kier alpha value is -1.08. The SMILES string of the molecule is Fc1cc(Br)ccc1CNc1ccc(Br)cc1C(F)(F)F. The number of benzene rings is 2. The van der Waals surface area contributed by atoms with Crippen LogP contribution in [-0.2, 0) is 12.7 Å². The summed E-state index contributed by atoms with van der Waals surface area (Å²) in [6, 6.07) is 8.20. The molecule has 0 heterocycles. The number of hydrogen-bond acceptors (Lipinski definition) is 1. The Labute approximate surface area is 135 Å². The lowest BCUT2D eigenvalue weighted by atomic mass is 10.1. The molecule has 2 rings (SSSR count). The summed E-state index contributed by atoms with van der Waals surface area (Å²) in [5, 5.41) is 2.63. The summed E-state index contributed by atoms with van der Waals surface area (Å²) in [6.07, 6.45) is -4.48. The van der Waals surface area contributed by atoms with Crippen molar-refractivity contribution in [3.05, 3.63) is 62.3 Å². The van der Waals surface area contributed by atoms with Gasteiger partial charge in [-0.2, -0.15) is 13.2 Å². The second kappa shape index (κ2) is 6.36. The maximum Gasteiger partial charge on any atom is 0.418 e. The topological polar surface area (TPSA) is 12.0 Å². The van der Waals surface area contributed by atoms with Gasteiger partial charge in [-0.3, -0.25) is 0 Å². The zero-order valence-electron chi connectivity index (χ0n) is 10.4. The fraction of sp³-hybridized carbons (Fsp3) is 0.143. The number of halogens is 6. The van der Waals surface area contributed by atoms with E-state index in [9.17, 15) is 17.6 Å². The molecule has 0 aromatic heterocycles. The van der Waals surface area contributed by atoms with Crippen LogP contribution in [0.1, 0.15) is 11.1 Å². The molecule has 2 aromatic carbocycles. The van der Waals surface area contributed by atoms with E-state index >= 15 is 0 Å². The van der Waals surface area contributed by atoms with Crippen molar-refractivity contribution in [1.82, 2.24) is 0 Å². The van der Waals surface area contributed by atoms with Gasteiger partial charge in [0.05, 0.1) is 5.56 Å². The van der Waals surface area contributed by atoms with Gasteiger partial charge in [0.2, 0.25) is 0 Å². The first-order valence-corrected chi connectivity index (χ1v) is 7.40. The summed E-state index contributed by atoms with van der Waals surface area (Å²) in [5.74, 6) is -0.484. The summed E-state index contributed by atoms with van der Waals surface area (Å²) < 4.78 is 53.4. The van der Waals surface area contributed by atoms with Crippen LogP contribution in [0.3, 0.4) is 0 Å². The maximum atomic E-state index is 13.7. The summed E-state index contributed by atoms with van der Waals surface area (Å²) in [6.45, 7) is -0.0379. The number of rotatable bonds is 3. The first-order chi connectivity index (χ1) is 9.77. The fourth-order valence-corrected chi connectivity index (χ4v) is 2.45. The van der Waals surface area contributed by atoms with Gasteiger partial charge >= 0.3 is 6.18 Å². The van der Waals surface area contributed by atoms with Gasteiger partial charge in [-0.25, -0.2) is 4.39 Å². The van der Waals surface area contributed by atoms with Gasteiger partial charge in [0.25, 0.3) is 0 Å². The van der Waals surface area contributed by atoms with E-state index in [1.165, 1.54) is 24.3 Å². The molecule has 7 heteroatoms. The van der Waals surface area contributed by atoms with Crippen molar-refractivity contribution >= 4 is 37.5 Å². The van der Waals surface area contributed by atoms with Crippen LogP contribution in [-0.4, -0.2) is 0 Å². The Morgan fingerprint density at radius 3 is 2.19 bits per heavy atom. The van der Waals surface area contributed by atoms with Crippen LogP contribution in [0.15, 0.2) is 45.3 Å². The van der Waals surface area contributed by atoms with Crippen LogP contribution in [0.25, 0.3) is 0 Å². The maximum absolute atomic E-state index is 13.7. The Morgan fingerprint density at radius 2 is 1.57 bits per heavy atom. The highest BCUT2D eigenvalue weighted by Gasteiger charge is 2.33. The molecule has 0 aliphatic carbocycles. The van der Waals surface area contributed by atoms with E-state index in [0.29, 0.717) is 8.95 Å². The quantitative estimate of drug-likeness (QED) is 0.595. The van der Waals surface area contributed by atoms with Crippen molar-refractivity contribution in [2.45, 2.75) is 12.7 Å². The van der Waals surface area contributed by atoms with E-state index in [2.05, 4.69) is 37.2 Å². The standard InChI is InChI=1S/C14H9Br2F4N/c15-9-3-4-13(11(5-9)14(18,19)20)21-7-8-1-2-10(16)6-12(8)17/h1-6,21H,7H2. The van der Waals surface area contributed by atoms with Crippen LogP contribution in [0, 0.1) is 5.82 Å². The number of alkyl halides is 3. The lowest BCUT2D eigenvalue weighted by Gasteiger charge is -2.15. The average molecular weight is 427 g/mol. The predicted octanol–water partition coefficient (Wildman–Crippen LogP) is 5.98. The Morgan fingerprint density at radius 1 is 0.952 bits per heavy atom. The Kier molecular flexibility index (Phi) is 4.93. The molecule has 0 spiro atoms. The molecule has 0 amide bonds. The molecule has 0 radical (unpaired) electrons. The minimum Gasteiger partial charge on any atom is -0.380 e. The zero-order valence-corrected chi connectivity index (χ0v) is 13.6. The third-order valence-corrected chi connectivity index (χ3v) is 3.76. The summed E-state index contributed by atoms with van der Waals surface area (Å²) >= 11 is 6.13. The van der Waals surface area contributed by atoms with Gasteiger partial charge in [-0.15, -0.1) is 0 Å². The molecule has 0 bridgehead atoms. The smallest absolute Gasteiger partial charge is 0.380 e. The van der Waals surface area contributed by atoms with Crippen LogP contribution in [0.2, 0.25) is 0 Å². The molecular weight excluding hydrogens is 418 g/mol. The third-order valence-electron chi connectivity index (χ3n) is 2.77. The Balaban J connectivity index is 2.24. The van der Waals surface area contributed by atoms with E-state index in [-0.39, 0.29) is 17.8 Å². The van der Waals surface area contributed by atoms with Crippen molar-refractivity contribution in [3.8, 4) is 0 Å². The zero-order chi connectivity index (χ0) is 15.6. The second-order valence-corrected chi connectivity index (χ2v) is 6.11. The fourth-order valence-electron chi connectivity index (χ4n) is 1.76. The van der Waals surface area contributed by atoms with E-state index in [1.807, 2.05) is 0 Å². The minimum atomic E-state index is -4.48. The van der Waals surface area contributed by atoms with Gasteiger partial charge in [-0.1, -0.05) is 37.9 Å². The molecule has 0 fully saturated rings. The summed E-state index contributed by atoms with van der Waals surface area (Å²) in [5.41, 5.74) is -0.600. The van der Waals surface area contributed by atoms with E-state index < -0.39 is 17.6 Å². The Bertz CT molecular complexity index is 656. The number of hydrogen-bond donors (Lipinski definition) is 1. The van der Waals surface area contributed by atoms with Gasteiger partial charge in [0.1, 0.15) is 5.82 Å². The minimum absolute atomic E-state index is 0.0379. The molecule has 2 aromatic rings. The van der Waals surface area contributed by atoms with E-state index in [0.717, 1.165) is 6.07 Å². The monoisotopic (exact) mass is 425 g/mol. The molecule has 0 unspecified atom stereocenters. The summed E-state index contributed by atoms with van der Waals surface area (Å²) in [7, 11) is 0. The lowest BCUT2D eigenvalue weighted by molar-refractivity contribution is -0.137. The third kappa shape index (κ3) is 4.20. The lowest BCUT2D eigenvalue weighted by Crippen LogP contribution is -2.11. The van der Waals surface area contributed by atoms with E-state index in [1.54, 1.807) is 6.07 Å². The van der Waals surface area contributed by atoms with Crippen molar-refractivity contribution in [3.63, 3.8) is 0 Å². The van der Waals surface area contributed by atoms with E-state index in [4.69, 9.17) is 0 Å². The molecule has 112 valence electrons. The average Bonchev–Trinajstić information content (AvgIpc) is 2.38. The molecule has 0 aliphatic rings. The van der Waals surface area contributed by atoms with Crippen LogP contribution >= 0.6 is 31.9 Å². The number of anilines is 1. The van der Waals surface area contributed by atoms with Crippen molar-refractivity contribution < 1.29 is 17.6 Å². The highest BCUT2D eigenvalue weighted by atomic mass is 79.9. The van der Waals surface area contributed by atoms with Crippen molar-refractivity contribution in [2.24, 2.45) is 0 Å². The van der Waals surface area contributed by atoms with Gasteiger partial charge < -0.3 is 5.32 Å². The van der Waals surface area contributed by atoms with Crippen molar-refractivity contribution in [1.29, 1.82) is 0 Å². The first-order valence-electron chi connectivity index (χ1n) is 5.82. The largest absolute Gasteiger partial charge is 0.418 e.